The van der Waals surface area contributed by atoms with Crippen LogP contribution in [0.3, 0.4) is 0 Å². The summed E-state index contributed by atoms with van der Waals surface area (Å²) in [6, 6.07) is 18.5. The van der Waals surface area contributed by atoms with E-state index < -0.39 is 5.60 Å². The van der Waals surface area contributed by atoms with E-state index in [4.69, 9.17) is 0 Å². The fourth-order valence-electron chi connectivity index (χ4n) is 3.59. The SMILES string of the molecule is CC1CCCCC1NC(=O)C(O)(c1ccccc1)c1ccccc1. The van der Waals surface area contributed by atoms with E-state index in [0.717, 1.165) is 19.3 Å². The number of hydrogen-bond acceptors (Lipinski definition) is 2. The lowest BCUT2D eigenvalue weighted by atomic mass is 9.82. The van der Waals surface area contributed by atoms with E-state index in [-0.39, 0.29) is 11.9 Å². The van der Waals surface area contributed by atoms with Crippen LogP contribution in [0.15, 0.2) is 60.7 Å². The second kappa shape index (κ2) is 7.18. The molecule has 1 aliphatic carbocycles. The van der Waals surface area contributed by atoms with Crippen molar-refractivity contribution in [3.8, 4) is 0 Å². The average Bonchev–Trinajstić information content (AvgIpc) is 2.64. The first-order valence-electron chi connectivity index (χ1n) is 8.76. The number of amides is 1. The Morgan fingerprint density at radius 2 is 1.46 bits per heavy atom. The van der Waals surface area contributed by atoms with Gasteiger partial charge < -0.3 is 10.4 Å². The standard InChI is InChI=1S/C21H25NO2/c1-16-10-8-9-15-19(16)22-20(23)21(24,17-11-4-2-5-12-17)18-13-6-3-7-14-18/h2-7,11-14,16,19,24H,8-10,15H2,1H3,(H,22,23). The van der Waals surface area contributed by atoms with Crippen molar-refractivity contribution in [2.24, 2.45) is 5.92 Å². The lowest BCUT2D eigenvalue weighted by molar-refractivity contribution is -0.138. The number of aliphatic hydroxyl groups is 1. The van der Waals surface area contributed by atoms with Crippen LogP contribution in [0.1, 0.15) is 43.7 Å². The van der Waals surface area contributed by atoms with Crippen molar-refractivity contribution in [1.82, 2.24) is 5.32 Å². The highest BCUT2D eigenvalue weighted by Gasteiger charge is 2.41. The molecule has 0 saturated heterocycles. The van der Waals surface area contributed by atoms with Crippen LogP contribution in [0, 0.1) is 5.92 Å². The zero-order valence-electron chi connectivity index (χ0n) is 14.1. The maximum Gasteiger partial charge on any atom is 0.261 e. The first-order valence-corrected chi connectivity index (χ1v) is 8.76. The van der Waals surface area contributed by atoms with Gasteiger partial charge >= 0.3 is 0 Å². The van der Waals surface area contributed by atoms with E-state index in [1.54, 1.807) is 24.3 Å². The Hall–Kier alpha value is -2.13. The Balaban J connectivity index is 1.94. The molecule has 0 radical (unpaired) electrons. The highest BCUT2D eigenvalue weighted by atomic mass is 16.3. The molecule has 2 aromatic rings. The number of carbonyl (C=O) groups excluding carboxylic acids is 1. The van der Waals surface area contributed by atoms with E-state index in [1.807, 2.05) is 36.4 Å². The molecule has 3 nitrogen and oxygen atoms in total. The molecule has 2 N–H and O–H groups in total. The second-order valence-corrected chi connectivity index (χ2v) is 6.78. The summed E-state index contributed by atoms with van der Waals surface area (Å²) in [5.41, 5.74) is -0.478. The van der Waals surface area contributed by atoms with Gasteiger partial charge in [0.2, 0.25) is 0 Å². The molecule has 1 aliphatic rings. The van der Waals surface area contributed by atoms with E-state index in [9.17, 15) is 9.90 Å². The number of rotatable bonds is 4. The van der Waals surface area contributed by atoms with Gasteiger partial charge in [0.25, 0.3) is 5.91 Å². The summed E-state index contributed by atoms with van der Waals surface area (Å²) in [5, 5.41) is 14.5. The molecule has 3 rings (SSSR count). The maximum absolute atomic E-state index is 13.1. The van der Waals surface area contributed by atoms with Crippen LogP contribution in [-0.2, 0) is 10.4 Å². The van der Waals surface area contributed by atoms with Gasteiger partial charge in [0.05, 0.1) is 0 Å². The molecule has 0 bridgehead atoms. The highest BCUT2D eigenvalue weighted by Crippen LogP contribution is 2.31. The van der Waals surface area contributed by atoms with Crippen molar-refractivity contribution in [2.75, 3.05) is 0 Å². The molecule has 24 heavy (non-hydrogen) atoms. The molecule has 0 spiro atoms. The molecular formula is C21H25NO2. The smallest absolute Gasteiger partial charge is 0.261 e. The molecule has 1 fully saturated rings. The summed E-state index contributed by atoms with van der Waals surface area (Å²) in [7, 11) is 0. The Bertz CT molecular complexity index is 629. The molecular weight excluding hydrogens is 298 g/mol. The summed E-state index contributed by atoms with van der Waals surface area (Å²) < 4.78 is 0. The van der Waals surface area contributed by atoms with Gasteiger partial charge in [-0.3, -0.25) is 4.79 Å². The quantitative estimate of drug-likeness (QED) is 0.903. The molecule has 2 aromatic carbocycles. The van der Waals surface area contributed by atoms with Crippen molar-refractivity contribution in [3.05, 3.63) is 71.8 Å². The number of hydrogen-bond donors (Lipinski definition) is 2. The maximum atomic E-state index is 13.1. The Morgan fingerprint density at radius 3 is 1.96 bits per heavy atom. The minimum absolute atomic E-state index is 0.130. The van der Waals surface area contributed by atoms with Crippen LogP contribution in [0.2, 0.25) is 0 Å². The van der Waals surface area contributed by atoms with Crippen molar-refractivity contribution >= 4 is 5.91 Å². The summed E-state index contributed by atoms with van der Waals surface area (Å²) in [6.07, 6.45) is 4.45. The van der Waals surface area contributed by atoms with Gasteiger partial charge in [0, 0.05) is 6.04 Å². The molecule has 0 aliphatic heterocycles. The van der Waals surface area contributed by atoms with Gasteiger partial charge in [0.15, 0.2) is 5.60 Å². The lowest BCUT2D eigenvalue weighted by Gasteiger charge is -2.34. The molecule has 126 valence electrons. The third-order valence-electron chi connectivity index (χ3n) is 5.14. The third kappa shape index (κ3) is 3.22. The summed E-state index contributed by atoms with van der Waals surface area (Å²) in [6.45, 7) is 2.17. The fourth-order valence-corrected chi connectivity index (χ4v) is 3.59. The predicted molar refractivity (Wildman–Crippen MR) is 95.4 cm³/mol. The Labute approximate surface area is 143 Å². The minimum Gasteiger partial charge on any atom is -0.372 e. The van der Waals surface area contributed by atoms with Crippen molar-refractivity contribution < 1.29 is 9.90 Å². The van der Waals surface area contributed by atoms with Crippen LogP contribution in [0.25, 0.3) is 0 Å². The lowest BCUT2D eigenvalue weighted by Crippen LogP contribution is -2.51. The molecule has 2 unspecified atom stereocenters. The molecule has 1 saturated carbocycles. The van der Waals surface area contributed by atoms with Crippen LogP contribution >= 0.6 is 0 Å². The number of benzene rings is 2. The van der Waals surface area contributed by atoms with E-state index in [1.165, 1.54) is 6.42 Å². The van der Waals surface area contributed by atoms with Gasteiger partial charge in [-0.2, -0.15) is 0 Å². The fraction of sp³-hybridized carbons (Fsp3) is 0.381. The highest BCUT2D eigenvalue weighted by molar-refractivity contribution is 5.90. The predicted octanol–water partition coefficient (Wildman–Crippen LogP) is 3.62. The van der Waals surface area contributed by atoms with Crippen LogP contribution in [-0.4, -0.2) is 17.1 Å². The molecule has 0 heterocycles. The monoisotopic (exact) mass is 323 g/mol. The molecule has 0 aromatic heterocycles. The van der Waals surface area contributed by atoms with Gasteiger partial charge in [-0.15, -0.1) is 0 Å². The minimum atomic E-state index is -1.67. The number of carbonyl (C=O) groups is 1. The van der Waals surface area contributed by atoms with Crippen molar-refractivity contribution in [1.29, 1.82) is 0 Å². The first-order chi connectivity index (χ1) is 11.6. The van der Waals surface area contributed by atoms with Gasteiger partial charge in [-0.1, -0.05) is 80.4 Å². The van der Waals surface area contributed by atoms with Gasteiger partial charge in [-0.05, 0) is 29.9 Å². The number of nitrogens with one attached hydrogen (secondary N) is 1. The summed E-state index contributed by atoms with van der Waals surface area (Å²) in [5.74, 6) is 0.108. The summed E-state index contributed by atoms with van der Waals surface area (Å²) in [4.78, 5) is 13.1. The van der Waals surface area contributed by atoms with E-state index >= 15 is 0 Å². The molecule has 1 amide bonds. The van der Waals surface area contributed by atoms with Crippen LogP contribution < -0.4 is 5.32 Å². The Morgan fingerprint density at radius 1 is 0.958 bits per heavy atom. The zero-order chi connectivity index (χ0) is 17.0. The second-order valence-electron chi connectivity index (χ2n) is 6.78. The first kappa shape index (κ1) is 16.7. The molecule has 3 heteroatoms. The van der Waals surface area contributed by atoms with Gasteiger partial charge in [-0.25, -0.2) is 0 Å². The topological polar surface area (TPSA) is 49.3 Å². The summed E-state index contributed by atoms with van der Waals surface area (Å²) >= 11 is 0. The van der Waals surface area contributed by atoms with Crippen molar-refractivity contribution in [3.63, 3.8) is 0 Å². The normalized spacial score (nSPS) is 21.2. The van der Waals surface area contributed by atoms with E-state index in [2.05, 4.69) is 12.2 Å². The molecule has 2 atom stereocenters. The van der Waals surface area contributed by atoms with Crippen LogP contribution in [0.4, 0.5) is 0 Å². The third-order valence-corrected chi connectivity index (χ3v) is 5.14. The van der Waals surface area contributed by atoms with Crippen LogP contribution in [0.5, 0.6) is 0 Å². The zero-order valence-corrected chi connectivity index (χ0v) is 14.1. The van der Waals surface area contributed by atoms with E-state index in [0.29, 0.717) is 17.0 Å². The largest absolute Gasteiger partial charge is 0.372 e. The Kier molecular flexibility index (Phi) is 5.00. The van der Waals surface area contributed by atoms with Gasteiger partial charge in [0.1, 0.15) is 0 Å². The van der Waals surface area contributed by atoms with Crippen molar-refractivity contribution in [2.45, 2.75) is 44.2 Å². The average molecular weight is 323 g/mol.